The molecule has 0 N–H and O–H groups in total. The first kappa shape index (κ1) is 22.8. The molecule has 0 amide bonds. The minimum absolute atomic E-state index is 0.00298. The summed E-state index contributed by atoms with van der Waals surface area (Å²) in [6.45, 7) is 3.64. The van der Waals surface area contributed by atoms with Crippen LogP contribution >= 0.6 is 34.8 Å². The van der Waals surface area contributed by atoms with Crippen LogP contribution in [0.5, 0.6) is 0 Å². The molecule has 29 heavy (non-hydrogen) atoms. The molecule has 0 saturated carbocycles. The maximum Gasteiger partial charge on any atom is 0.244 e. The number of halogens is 3. The van der Waals surface area contributed by atoms with Crippen LogP contribution in [-0.4, -0.2) is 51.6 Å². The number of benzene rings is 2. The smallest absolute Gasteiger partial charge is 0.207 e. The third-order valence-electron chi connectivity index (χ3n) is 4.75. The van der Waals surface area contributed by atoms with E-state index in [1.165, 1.54) is 20.7 Å². The van der Waals surface area contributed by atoms with Crippen molar-refractivity contribution in [2.45, 2.75) is 23.6 Å². The van der Waals surface area contributed by atoms with Gasteiger partial charge in [-0.3, -0.25) is 0 Å². The molecule has 0 aromatic heterocycles. The highest BCUT2D eigenvalue weighted by Gasteiger charge is 2.35. The van der Waals surface area contributed by atoms with E-state index >= 15 is 0 Å². The van der Waals surface area contributed by atoms with Gasteiger partial charge in [0, 0.05) is 26.2 Å². The summed E-state index contributed by atoms with van der Waals surface area (Å²) in [6.07, 6.45) is 0. The van der Waals surface area contributed by atoms with Gasteiger partial charge in [0.25, 0.3) is 0 Å². The van der Waals surface area contributed by atoms with Crippen LogP contribution in [0.25, 0.3) is 0 Å². The van der Waals surface area contributed by atoms with Crippen molar-refractivity contribution in [1.29, 1.82) is 0 Å². The normalized spacial score (nSPS) is 16.9. The van der Waals surface area contributed by atoms with Crippen molar-refractivity contribution in [3.05, 3.63) is 56.5 Å². The molecule has 1 aliphatic heterocycles. The van der Waals surface area contributed by atoms with Gasteiger partial charge in [-0.15, -0.1) is 0 Å². The monoisotopic (exact) mass is 496 g/mol. The molecule has 2 aromatic rings. The van der Waals surface area contributed by atoms with E-state index in [-0.39, 0.29) is 51.0 Å². The first-order valence-electron chi connectivity index (χ1n) is 8.66. The van der Waals surface area contributed by atoms with Crippen molar-refractivity contribution in [2.24, 2.45) is 0 Å². The van der Waals surface area contributed by atoms with E-state index < -0.39 is 20.0 Å². The van der Waals surface area contributed by atoms with Crippen LogP contribution in [0.2, 0.25) is 15.1 Å². The van der Waals surface area contributed by atoms with Crippen molar-refractivity contribution in [1.82, 2.24) is 8.61 Å². The molecule has 1 saturated heterocycles. The van der Waals surface area contributed by atoms with Crippen LogP contribution in [0.3, 0.4) is 0 Å². The molecule has 158 valence electrons. The van der Waals surface area contributed by atoms with E-state index in [1.807, 2.05) is 13.0 Å². The second-order valence-corrected chi connectivity index (χ2v) is 11.8. The molecule has 0 bridgehead atoms. The standard InChI is InChI=1S/C18H19Cl3N2O4S2/c1-12-3-4-13(2)17(9-12)28(24,25)22-5-7-23(8-6-22)29(26,27)18-11-15(20)14(19)10-16(18)21/h3-4,9-11H,5-8H2,1-2H3. The third-order valence-corrected chi connectivity index (χ3v) is 9.88. The van der Waals surface area contributed by atoms with Crippen molar-refractivity contribution in [2.75, 3.05) is 26.2 Å². The van der Waals surface area contributed by atoms with Crippen molar-refractivity contribution in [3.63, 3.8) is 0 Å². The fourth-order valence-electron chi connectivity index (χ4n) is 3.12. The van der Waals surface area contributed by atoms with Gasteiger partial charge in [-0.1, -0.05) is 46.9 Å². The summed E-state index contributed by atoms with van der Waals surface area (Å²) in [5.74, 6) is 0. The van der Waals surface area contributed by atoms with Crippen LogP contribution in [0.1, 0.15) is 11.1 Å². The maximum atomic E-state index is 13.0. The number of sulfonamides is 2. The zero-order chi connectivity index (χ0) is 21.6. The lowest BCUT2D eigenvalue weighted by Gasteiger charge is -2.33. The molecule has 0 spiro atoms. The minimum atomic E-state index is -3.94. The van der Waals surface area contributed by atoms with Crippen LogP contribution in [0.15, 0.2) is 40.1 Å². The average molecular weight is 498 g/mol. The van der Waals surface area contributed by atoms with E-state index in [4.69, 9.17) is 34.8 Å². The molecule has 0 atom stereocenters. The molecule has 1 heterocycles. The van der Waals surface area contributed by atoms with Gasteiger partial charge in [0.2, 0.25) is 20.0 Å². The fourth-order valence-corrected chi connectivity index (χ4v) is 7.25. The Morgan fingerprint density at radius 1 is 0.690 bits per heavy atom. The molecule has 0 radical (unpaired) electrons. The van der Waals surface area contributed by atoms with E-state index in [2.05, 4.69) is 0 Å². The van der Waals surface area contributed by atoms with Gasteiger partial charge in [-0.05, 0) is 43.2 Å². The summed E-state index contributed by atoms with van der Waals surface area (Å²) in [5, 5.41) is 0.190. The van der Waals surface area contributed by atoms with Gasteiger partial charge in [0.1, 0.15) is 4.90 Å². The largest absolute Gasteiger partial charge is 0.244 e. The minimum Gasteiger partial charge on any atom is -0.207 e. The Kier molecular flexibility index (Phi) is 6.56. The van der Waals surface area contributed by atoms with Crippen molar-refractivity contribution >= 4 is 54.8 Å². The highest BCUT2D eigenvalue weighted by Crippen LogP contribution is 2.33. The topological polar surface area (TPSA) is 74.8 Å². The molecule has 0 aliphatic carbocycles. The fraction of sp³-hybridized carbons (Fsp3) is 0.333. The SMILES string of the molecule is Cc1ccc(C)c(S(=O)(=O)N2CCN(S(=O)(=O)c3cc(Cl)c(Cl)cc3Cl)CC2)c1. The van der Waals surface area contributed by atoms with Gasteiger partial charge in [0.05, 0.1) is 20.0 Å². The summed E-state index contributed by atoms with van der Waals surface area (Å²) in [4.78, 5) is 0.0840. The summed E-state index contributed by atoms with van der Waals surface area (Å²) in [7, 11) is -7.67. The molecule has 11 heteroatoms. The Morgan fingerprint density at radius 2 is 1.17 bits per heavy atom. The Morgan fingerprint density at radius 3 is 1.72 bits per heavy atom. The van der Waals surface area contributed by atoms with Crippen LogP contribution in [0.4, 0.5) is 0 Å². The molecule has 1 fully saturated rings. The summed E-state index contributed by atoms with van der Waals surface area (Å²) >= 11 is 17.9. The first-order chi connectivity index (χ1) is 13.4. The predicted molar refractivity (Wildman–Crippen MR) is 115 cm³/mol. The Bertz CT molecular complexity index is 1160. The van der Waals surface area contributed by atoms with Crippen LogP contribution in [0, 0.1) is 13.8 Å². The average Bonchev–Trinajstić information content (AvgIpc) is 2.66. The maximum absolute atomic E-state index is 13.0. The highest BCUT2D eigenvalue weighted by atomic mass is 35.5. The summed E-state index contributed by atoms with van der Waals surface area (Å²) < 4.78 is 54.5. The van der Waals surface area contributed by atoms with Gasteiger partial charge in [-0.25, -0.2) is 16.8 Å². The first-order valence-corrected chi connectivity index (χ1v) is 12.7. The molecular weight excluding hydrogens is 479 g/mol. The molecule has 0 unspecified atom stereocenters. The lowest BCUT2D eigenvalue weighted by Crippen LogP contribution is -2.50. The quantitative estimate of drug-likeness (QED) is 0.599. The van der Waals surface area contributed by atoms with Gasteiger partial charge < -0.3 is 0 Å². The summed E-state index contributed by atoms with van der Waals surface area (Å²) in [6, 6.07) is 7.72. The van der Waals surface area contributed by atoms with Crippen LogP contribution in [-0.2, 0) is 20.0 Å². The van der Waals surface area contributed by atoms with E-state index in [9.17, 15) is 16.8 Å². The van der Waals surface area contributed by atoms with Gasteiger partial charge in [0.15, 0.2) is 0 Å². The van der Waals surface area contributed by atoms with Crippen LogP contribution < -0.4 is 0 Å². The van der Waals surface area contributed by atoms with E-state index in [0.29, 0.717) is 5.56 Å². The Hall–Kier alpha value is -0.870. The van der Waals surface area contributed by atoms with Crippen molar-refractivity contribution < 1.29 is 16.8 Å². The van der Waals surface area contributed by atoms with Gasteiger partial charge in [-0.2, -0.15) is 8.61 Å². The highest BCUT2D eigenvalue weighted by molar-refractivity contribution is 7.89. The molecule has 2 aromatic carbocycles. The number of rotatable bonds is 4. The molecule has 6 nitrogen and oxygen atoms in total. The number of aryl methyl sites for hydroxylation is 2. The number of nitrogens with zero attached hydrogens (tertiary/aromatic N) is 2. The van der Waals surface area contributed by atoms with E-state index in [1.54, 1.807) is 19.1 Å². The lowest BCUT2D eigenvalue weighted by molar-refractivity contribution is 0.272. The second kappa shape index (κ2) is 8.34. The second-order valence-electron chi connectivity index (χ2n) is 6.77. The number of hydrogen-bond donors (Lipinski definition) is 0. The van der Waals surface area contributed by atoms with Crippen molar-refractivity contribution in [3.8, 4) is 0 Å². The lowest BCUT2D eigenvalue weighted by atomic mass is 10.2. The molecular formula is C18H19Cl3N2O4S2. The Balaban J connectivity index is 1.83. The predicted octanol–water partition coefficient (Wildman–Crippen LogP) is 3.96. The zero-order valence-electron chi connectivity index (χ0n) is 15.7. The zero-order valence-corrected chi connectivity index (χ0v) is 19.6. The summed E-state index contributed by atoms with van der Waals surface area (Å²) in [5.41, 5.74) is 1.48. The molecule has 3 rings (SSSR count). The third kappa shape index (κ3) is 4.44. The number of piperazine rings is 1. The molecule has 1 aliphatic rings. The van der Waals surface area contributed by atoms with E-state index in [0.717, 1.165) is 5.56 Å². The number of hydrogen-bond acceptors (Lipinski definition) is 4. The Labute approximate surface area is 186 Å². The van der Waals surface area contributed by atoms with Gasteiger partial charge >= 0.3 is 0 Å².